The van der Waals surface area contributed by atoms with E-state index in [9.17, 15) is 9.18 Å². The number of hydrogen-bond acceptors (Lipinski definition) is 2. The summed E-state index contributed by atoms with van der Waals surface area (Å²) in [5, 5.41) is 6.30. The second-order valence-corrected chi connectivity index (χ2v) is 4.75. The number of carbonyl (C=O) groups is 1. The van der Waals surface area contributed by atoms with Gasteiger partial charge in [0.05, 0.1) is 16.2 Å². The Morgan fingerprint density at radius 1 is 1.56 bits per heavy atom. The van der Waals surface area contributed by atoms with Crippen LogP contribution in [-0.2, 0) is 6.54 Å². The maximum atomic E-state index is 13.3. The van der Waals surface area contributed by atoms with E-state index in [0.717, 1.165) is 5.56 Å². The molecule has 0 fully saturated rings. The second-order valence-electron chi connectivity index (χ2n) is 3.90. The first kappa shape index (κ1) is 12.8. The van der Waals surface area contributed by atoms with Gasteiger partial charge in [0.15, 0.2) is 0 Å². The van der Waals surface area contributed by atoms with Crippen LogP contribution in [0.3, 0.4) is 0 Å². The second kappa shape index (κ2) is 5.30. The highest BCUT2D eigenvalue weighted by molar-refractivity contribution is 9.10. The van der Waals surface area contributed by atoms with Crippen LogP contribution in [0.1, 0.15) is 15.9 Å². The van der Waals surface area contributed by atoms with E-state index < -0.39 is 0 Å². The Bertz CT molecular complexity index is 556. The maximum absolute atomic E-state index is 13.3. The molecule has 0 saturated carbocycles. The van der Waals surface area contributed by atoms with E-state index >= 15 is 0 Å². The van der Waals surface area contributed by atoms with Crippen molar-refractivity contribution >= 4 is 21.8 Å². The minimum absolute atomic E-state index is 0.160. The molecule has 0 saturated heterocycles. The number of aromatic nitrogens is 2. The van der Waals surface area contributed by atoms with Gasteiger partial charge in [-0.25, -0.2) is 4.39 Å². The number of H-pyrrole nitrogens is 1. The fraction of sp³-hybridized carbons (Fsp3) is 0.167. The van der Waals surface area contributed by atoms with Gasteiger partial charge in [0, 0.05) is 19.8 Å². The van der Waals surface area contributed by atoms with Crippen LogP contribution in [0.4, 0.5) is 4.39 Å². The lowest BCUT2D eigenvalue weighted by Crippen LogP contribution is -2.25. The fourth-order valence-electron chi connectivity index (χ4n) is 1.57. The Morgan fingerprint density at radius 3 is 2.94 bits per heavy atom. The number of nitrogens with zero attached hydrogens (tertiary/aromatic N) is 2. The van der Waals surface area contributed by atoms with Crippen LogP contribution in [0.25, 0.3) is 0 Å². The van der Waals surface area contributed by atoms with Gasteiger partial charge < -0.3 is 4.90 Å². The first-order chi connectivity index (χ1) is 8.58. The van der Waals surface area contributed by atoms with Crippen molar-refractivity contribution in [3.05, 3.63) is 52.0 Å². The monoisotopic (exact) mass is 311 g/mol. The summed E-state index contributed by atoms with van der Waals surface area (Å²) in [7, 11) is 1.66. The van der Waals surface area contributed by atoms with Crippen LogP contribution in [0.2, 0.25) is 0 Å². The Labute approximate surface area is 112 Å². The van der Waals surface area contributed by atoms with Gasteiger partial charge in [-0.1, -0.05) is 6.07 Å². The predicted molar refractivity (Wildman–Crippen MR) is 68.5 cm³/mol. The molecule has 18 heavy (non-hydrogen) atoms. The lowest BCUT2D eigenvalue weighted by atomic mass is 10.2. The van der Waals surface area contributed by atoms with E-state index in [4.69, 9.17) is 0 Å². The van der Waals surface area contributed by atoms with E-state index in [1.54, 1.807) is 19.2 Å². The molecule has 0 bridgehead atoms. The predicted octanol–water partition coefficient (Wildman–Crippen LogP) is 2.58. The summed E-state index contributed by atoms with van der Waals surface area (Å²) in [5.41, 5.74) is 1.21. The maximum Gasteiger partial charge on any atom is 0.257 e. The molecule has 0 aliphatic carbocycles. The van der Waals surface area contributed by atoms with Crippen molar-refractivity contribution in [1.82, 2.24) is 15.1 Å². The SMILES string of the molecule is CN(Cc1ccc(Br)c(F)c1)C(=O)c1cn[nH]c1. The minimum atomic E-state index is -0.336. The zero-order valence-electron chi connectivity index (χ0n) is 9.65. The van der Waals surface area contributed by atoms with Crippen LogP contribution in [0.5, 0.6) is 0 Å². The van der Waals surface area contributed by atoms with Crippen molar-refractivity contribution in [3.63, 3.8) is 0 Å². The highest BCUT2D eigenvalue weighted by Gasteiger charge is 2.13. The number of hydrogen-bond donors (Lipinski definition) is 1. The molecule has 2 rings (SSSR count). The molecule has 0 spiro atoms. The first-order valence-corrected chi connectivity index (χ1v) is 6.05. The van der Waals surface area contributed by atoms with Crippen LogP contribution in [-0.4, -0.2) is 28.1 Å². The molecule has 6 heteroatoms. The quantitative estimate of drug-likeness (QED) is 0.947. The van der Waals surface area contributed by atoms with Crippen LogP contribution in [0, 0.1) is 5.82 Å². The summed E-state index contributed by atoms with van der Waals surface area (Å²) in [4.78, 5) is 13.4. The van der Waals surface area contributed by atoms with Gasteiger partial charge in [0.1, 0.15) is 5.82 Å². The molecule has 1 amide bonds. The molecule has 1 heterocycles. The third-order valence-electron chi connectivity index (χ3n) is 2.50. The number of carbonyl (C=O) groups excluding carboxylic acids is 1. The van der Waals surface area contributed by atoms with Crippen molar-refractivity contribution in [2.45, 2.75) is 6.54 Å². The zero-order valence-corrected chi connectivity index (χ0v) is 11.2. The summed E-state index contributed by atoms with van der Waals surface area (Å²) in [6.45, 7) is 0.341. The molecule has 0 aliphatic rings. The summed E-state index contributed by atoms with van der Waals surface area (Å²) in [6, 6.07) is 4.80. The van der Waals surface area contributed by atoms with Gasteiger partial charge in [-0.3, -0.25) is 9.89 Å². The summed E-state index contributed by atoms with van der Waals surface area (Å²) >= 11 is 3.09. The van der Waals surface area contributed by atoms with E-state index in [-0.39, 0.29) is 11.7 Å². The lowest BCUT2D eigenvalue weighted by molar-refractivity contribution is 0.0785. The Balaban J connectivity index is 2.09. The van der Waals surface area contributed by atoms with E-state index in [1.165, 1.54) is 23.4 Å². The third kappa shape index (κ3) is 2.76. The number of amides is 1. The van der Waals surface area contributed by atoms with Gasteiger partial charge in [-0.2, -0.15) is 5.10 Å². The van der Waals surface area contributed by atoms with E-state index in [1.807, 2.05) is 0 Å². The van der Waals surface area contributed by atoms with E-state index in [0.29, 0.717) is 16.6 Å². The number of nitrogens with one attached hydrogen (secondary N) is 1. The number of rotatable bonds is 3. The summed E-state index contributed by atoms with van der Waals surface area (Å²) in [5.74, 6) is -0.497. The molecule has 0 radical (unpaired) electrons. The normalized spacial score (nSPS) is 10.4. The zero-order chi connectivity index (χ0) is 13.1. The highest BCUT2D eigenvalue weighted by atomic mass is 79.9. The smallest absolute Gasteiger partial charge is 0.257 e. The highest BCUT2D eigenvalue weighted by Crippen LogP contribution is 2.17. The van der Waals surface area contributed by atoms with Gasteiger partial charge in [0.2, 0.25) is 0 Å². The van der Waals surface area contributed by atoms with Crippen LogP contribution < -0.4 is 0 Å². The fourth-order valence-corrected chi connectivity index (χ4v) is 1.82. The van der Waals surface area contributed by atoms with Gasteiger partial charge in [-0.15, -0.1) is 0 Å². The summed E-state index contributed by atoms with van der Waals surface area (Å²) in [6.07, 6.45) is 2.99. The Hall–Kier alpha value is -1.69. The molecule has 1 N–H and O–H groups in total. The molecule has 1 aromatic heterocycles. The molecule has 0 unspecified atom stereocenters. The largest absolute Gasteiger partial charge is 0.337 e. The van der Waals surface area contributed by atoms with E-state index in [2.05, 4.69) is 26.1 Å². The molecular weight excluding hydrogens is 301 g/mol. The van der Waals surface area contributed by atoms with Crippen molar-refractivity contribution in [1.29, 1.82) is 0 Å². The molecule has 0 atom stereocenters. The van der Waals surface area contributed by atoms with Crippen LogP contribution >= 0.6 is 15.9 Å². The van der Waals surface area contributed by atoms with Crippen molar-refractivity contribution in [2.75, 3.05) is 7.05 Å². The average Bonchev–Trinajstić information content (AvgIpc) is 2.86. The standard InChI is InChI=1S/C12H11BrFN3O/c1-17(12(18)9-5-15-16-6-9)7-8-2-3-10(13)11(14)4-8/h2-6H,7H2,1H3,(H,15,16). The molecular formula is C12H11BrFN3O. The summed E-state index contributed by atoms with van der Waals surface area (Å²) < 4.78 is 13.8. The molecule has 94 valence electrons. The van der Waals surface area contributed by atoms with Gasteiger partial charge in [-0.05, 0) is 33.6 Å². The molecule has 4 nitrogen and oxygen atoms in total. The van der Waals surface area contributed by atoms with Crippen molar-refractivity contribution in [2.24, 2.45) is 0 Å². The lowest BCUT2D eigenvalue weighted by Gasteiger charge is -2.16. The number of benzene rings is 1. The Morgan fingerprint density at radius 2 is 2.33 bits per heavy atom. The molecule has 0 aliphatic heterocycles. The van der Waals surface area contributed by atoms with Crippen molar-refractivity contribution in [3.8, 4) is 0 Å². The topological polar surface area (TPSA) is 49.0 Å². The van der Waals surface area contributed by atoms with Gasteiger partial charge >= 0.3 is 0 Å². The Kier molecular flexibility index (Phi) is 3.76. The number of halogens is 2. The number of aromatic amines is 1. The molecule has 2 aromatic rings. The minimum Gasteiger partial charge on any atom is -0.337 e. The van der Waals surface area contributed by atoms with Crippen LogP contribution in [0.15, 0.2) is 35.1 Å². The first-order valence-electron chi connectivity index (χ1n) is 5.26. The third-order valence-corrected chi connectivity index (χ3v) is 3.14. The molecule has 1 aromatic carbocycles. The average molecular weight is 312 g/mol. The van der Waals surface area contributed by atoms with Gasteiger partial charge in [0.25, 0.3) is 5.91 Å². The van der Waals surface area contributed by atoms with Crippen molar-refractivity contribution < 1.29 is 9.18 Å².